The average molecular weight is 388 g/mol. The van der Waals surface area contributed by atoms with Crippen LogP contribution in [0.25, 0.3) is 11.5 Å². The van der Waals surface area contributed by atoms with Gasteiger partial charge in [0.2, 0.25) is 0 Å². The number of carboxylic acid groups (broad SMARTS) is 1. The van der Waals surface area contributed by atoms with Crippen molar-refractivity contribution in [3.05, 3.63) is 21.1 Å². The van der Waals surface area contributed by atoms with Gasteiger partial charge in [0.05, 0.1) is 11.5 Å². The molecule has 0 aliphatic heterocycles. The SMILES string of the molecule is Cc1noc(-c2c(CC(=O)[C@H]3CCCC[C@H]3C(=O)O)sc3c2CCCC3)n1. The molecule has 0 aromatic carbocycles. The molecule has 2 aromatic rings. The maximum atomic E-state index is 13.1. The van der Waals surface area contributed by atoms with Gasteiger partial charge in [-0.3, -0.25) is 9.59 Å². The van der Waals surface area contributed by atoms with Crippen molar-refractivity contribution in [2.75, 3.05) is 0 Å². The fraction of sp³-hybridized carbons (Fsp3) is 0.600. The summed E-state index contributed by atoms with van der Waals surface area (Å²) in [4.78, 5) is 31.3. The third kappa shape index (κ3) is 3.57. The van der Waals surface area contributed by atoms with E-state index in [0.29, 0.717) is 24.6 Å². The molecule has 0 radical (unpaired) electrons. The Morgan fingerprint density at radius 3 is 2.59 bits per heavy atom. The molecular weight excluding hydrogens is 364 g/mol. The van der Waals surface area contributed by atoms with E-state index in [9.17, 15) is 14.7 Å². The fourth-order valence-electron chi connectivity index (χ4n) is 4.50. The van der Waals surface area contributed by atoms with Crippen molar-refractivity contribution < 1.29 is 19.2 Å². The number of thiophene rings is 1. The highest BCUT2D eigenvalue weighted by atomic mass is 32.1. The van der Waals surface area contributed by atoms with Crippen LogP contribution in [-0.4, -0.2) is 27.0 Å². The highest BCUT2D eigenvalue weighted by molar-refractivity contribution is 7.12. The monoisotopic (exact) mass is 388 g/mol. The van der Waals surface area contributed by atoms with Crippen LogP contribution in [0.2, 0.25) is 0 Å². The van der Waals surface area contributed by atoms with Gasteiger partial charge in [-0.05, 0) is 51.0 Å². The number of nitrogens with zero attached hydrogens (tertiary/aromatic N) is 2. The molecular formula is C20H24N2O4S. The minimum atomic E-state index is -0.841. The van der Waals surface area contributed by atoms with Crippen molar-refractivity contribution in [3.63, 3.8) is 0 Å². The lowest BCUT2D eigenvalue weighted by molar-refractivity contribution is -0.148. The Labute approximate surface area is 162 Å². The molecule has 2 aromatic heterocycles. The topological polar surface area (TPSA) is 93.3 Å². The van der Waals surface area contributed by atoms with Crippen LogP contribution in [0.5, 0.6) is 0 Å². The van der Waals surface area contributed by atoms with Crippen molar-refractivity contribution >= 4 is 23.1 Å². The molecule has 0 saturated heterocycles. The Kier molecular flexibility index (Phi) is 5.12. The quantitative estimate of drug-likeness (QED) is 0.832. The van der Waals surface area contributed by atoms with E-state index < -0.39 is 11.9 Å². The van der Waals surface area contributed by atoms with Crippen LogP contribution < -0.4 is 0 Å². The molecule has 7 heteroatoms. The Balaban J connectivity index is 1.66. The molecule has 6 nitrogen and oxygen atoms in total. The third-order valence-corrected chi connectivity index (χ3v) is 7.11. The van der Waals surface area contributed by atoms with Gasteiger partial charge in [-0.2, -0.15) is 4.98 Å². The Bertz CT molecular complexity index is 869. The van der Waals surface area contributed by atoms with E-state index >= 15 is 0 Å². The van der Waals surface area contributed by atoms with Gasteiger partial charge in [0.1, 0.15) is 5.78 Å². The van der Waals surface area contributed by atoms with E-state index in [1.807, 2.05) is 0 Å². The van der Waals surface area contributed by atoms with Crippen molar-refractivity contribution in [2.24, 2.45) is 11.8 Å². The van der Waals surface area contributed by atoms with Gasteiger partial charge in [0.15, 0.2) is 5.82 Å². The Morgan fingerprint density at radius 2 is 1.89 bits per heavy atom. The van der Waals surface area contributed by atoms with Crippen molar-refractivity contribution in [1.82, 2.24) is 10.1 Å². The largest absolute Gasteiger partial charge is 0.481 e. The van der Waals surface area contributed by atoms with E-state index in [1.54, 1.807) is 18.3 Å². The number of carbonyl (C=O) groups is 2. The molecule has 2 atom stereocenters. The summed E-state index contributed by atoms with van der Waals surface area (Å²) in [5, 5.41) is 13.4. The number of ketones is 1. The summed E-state index contributed by atoms with van der Waals surface area (Å²) in [6.07, 6.45) is 7.64. The maximum absolute atomic E-state index is 13.1. The zero-order chi connectivity index (χ0) is 19.0. The Morgan fingerprint density at radius 1 is 1.15 bits per heavy atom. The maximum Gasteiger partial charge on any atom is 0.307 e. The summed E-state index contributed by atoms with van der Waals surface area (Å²) >= 11 is 1.67. The van der Waals surface area contributed by atoms with Gasteiger partial charge in [0, 0.05) is 22.1 Å². The number of fused-ring (bicyclic) bond motifs is 1. The molecule has 1 saturated carbocycles. The molecule has 1 N–H and O–H groups in total. The average Bonchev–Trinajstić information content (AvgIpc) is 3.24. The molecule has 0 amide bonds. The van der Waals surface area contributed by atoms with E-state index in [1.165, 1.54) is 10.4 Å². The highest BCUT2D eigenvalue weighted by Gasteiger charge is 2.36. The van der Waals surface area contributed by atoms with Crippen LogP contribution in [0.3, 0.4) is 0 Å². The van der Waals surface area contributed by atoms with Crippen LogP contribution in [0.4, 0.5) is 0 Å². The number of rotatable bonds is 5. The molecule has 2 heterocycles. The number of hydrogen-bond acceptors (Lipinski definition) is 6. The van der Waals surface area contributed by atoms with Crippen LogP contribution in [0.15, 0.2) is 4.52 Å². The van der Waals surface area contributed by atoms with Crippen LogP contribution in [0, 0.1) is 18.8 Å². The summed E-state index contributed by atoms with van der Waals surface area (Å²) in [5.41, 5.74) is 2.18. The van der Waals surface area contributed by atoms with E-state index in [2.05, 4.69) is 10.1 Å². The second kappa shape index (κ2) is 7.54. The predicted molar refractivity (Wildman–Crippen MR) is 101 cm³/mol. The number of aromatic nitrogens is 2. The molecule has 144 valence electrons. The molecule has 1 fully saturated rings. The van der Waals surface area contributed by atoms with Crippen molar-refractivity contribution in [3.8, 4) is 11.5 Å². The molecule has 0 bridgehead atoms. The lowest BCUT2D eigenvalue weighted by Gasteiger charge is -2.27. The Hall–Kier alpha value is -2.02. The zero-order valence-corrected chi connectivity index (χ0v) is 16.3. The zero-order valence-electron chi connectivity index (χ0n) is 15.5. The molecule has 4 rings (SSSR count). The lowest BCUT2D eigenvalue weighted by atomic mass is 9.76. The van der Waals surface area contributed by atoms with Crippen molar-refractivity contribution in [2.45, 2.75) is 64.7 Å². The van der Waals surface area contributed by atoms with E-state index in [-0.39, 0.29) is 18.1 Å². The first-order chi connectivity index (χ1) is 13.0. The molecule has 2 aliphatic rings. The molecule has 0 unspecified atom stereocenters. The fourth-order valence-corrected chi connectivity index (χ4v) is 5.89. The van der Waals surface area contributed by atoms with Gasteiger partial charge < -0.3 is 9.63 Å². The van der Waals surface area contributed by atoms with Gasteiger partial charge in [-0.1, -0.05) is 18.0 Å². The normalized spacial score (nSPS) is 22.4. The van der Waals surface area contributed by atoms with E-state index in [0.717, 1.165) is 49.0 Å². The number of Topliss-reactive ketones (excluding diaryl/α,β-unsaturated/α-hetero) is 1. The van der Waals surface area contributed by atoms with Crippen LogP contribution in [-0.2, 0) is 28.9 Å². The van der Waals surface area contributed by atoms with Gasteiger partial charge in [-0.15, -0.1) is 11.3 Å². The minimum Gasteiger partial charge on any atom is -0.481 e. The summed E-state index contributed by atoms with van der Waals surface area (Å²) in [5.74, 6) is -0.656. The van der Waals surface area contributed by atoms with Gasteiger partial charge >= 0.3 is 5.97 Å². The minimum absolute atomic E-state index is 0.0400. The smallest absolute Gasteiger partial charge is 0.307 e. The number of carboxylic acids is 1. The summed E-state index contributed by atoms with van der Waals surface area (Å²) in [7, 11) is 0. The summed E-state index contributed by atoms with van der Waals surface area (Å²) in [6.45, 7) is 1.79. The first kappa shape index (κ1) is 18.3. The van der Waals surface area contributed by atoms with Crippen LogP contribution in [0.1, 0.15) is 59.7 Å². The third-order valence-electron chi connectivity index (χ3n) is 5.82. The van der Waals surface area contributed by atoms with Gasteiger partial charge in [-0.25, -0.2) is 0 Å². The van der Waals surface area contributed by atoms with E-state index in [4.69, 9.17) is 4.52 Å². The summed E-state index contributed by atoms with van der Waals surface area (Å²) < 4.78 is 5.44. The number of aliphatic carboxylic acids is 1. The number of aryl methyl sites for hydroxylation is 2. The van der Waals surface area contributed by atoms with Crippen molar-refractivity contribution in [1.29, 1.82) is 0 Å². The summed E-state index contributed by atoms with van der Waals surface area (Å²) in [6, 6.07) is 0. The molecule has 2 aliphatic carbocycles. The molecule has 27 heavy (non-hydrogen) atoms. The first-order valence-corrected chi connectivity index (χ1v) is 10.6. The number of hydrogen-bond donors (Lipinski definition) is 1. The second-order valence-electron chi connectivity index (χ2n) is 7.63. The highest BCUT2D eigenvalue weighted by Crippen LogP contribution is 2.41. The first-order valence-electron chi connectivity index (χ1n) is 9.74. The predicted octanol–water partition coefficient (Wildman–Crippen LogP) is 3.99. The number of carbonyl (C=O) groups excluding carboxylic acids is 1. The van der Waals surface area contributed by atoms with Crippen LogP contribution >= 0.6 is 11.3 Å². The lowest BCUT2D eigenvalue weighted by Crippen LogP contribution is -2.33. The second-order valence-corrected chi connectivity index (χ2v) is 8.82. The standard InChI is InChI=1S/C20H24N2O4S/c1-11-21-19(26-22-11)18-14-8-4-5-9-16(14)27-17(18)10-15(23)12-6-2-3-7-13(12)20(24)25/h12-13H,2-10H2,1H3,(H,24,25)/t12-,13+/m0/s1. The van der Waals surface area contributed by atoms with Gasteiger partial charge in [0.25, 0.3) is 5.89 Å². The molecule has 0 spiro atoms.